The van der Waals surface area contributed by atoms with E-state index in [1.54, 1.807) is 32.4 Å². The van der Waals surface area contributed by atoms with Crippen molar-refractivity contribution in [2.75, 3.05) is 14.2 Å². The van der Waals surface area contributed by atoms with Gasteiger partial charge >= 0.3 is 0 Å². The minimum absolute atomic E-state index is 0.315. The smallest absolute Gasteiger partial charge is 0.160 e. The predicted molar refractivity (Wildman–Crippen MR) is 88.3 cm³/mol. The number of benzene rings is 2. The fraction of sp³-hybridized carbons (Fsp3) is 0.250. The first-order chi connectivity index (χ1) is 10.1. The maximum absolute atomic E-state index is 6.48. The monoisotopic (exact) mass is 344 g/mol. The molecule has 0 aliphatic heterocycles. The Morgan fingerprint density at radius 3 is 2.14 bits per heavy atom. The van der Waals surface area contributed by atoms with E-state index in [2.05, 4.69) is 0 Å². The summed E-state index contributed by atoms with van der Waals surface area (Å²) in [6.07, 6.45) is 0.589. The molecule has 2 aromatic rings. The van der Waals surface area contributed by atoms with Gasteiger partial charge in [-0.1, -0.05) is 35.3 Å². The Hall–Kier alpha value is -1.09. The van der Waals surface area contributed by atoms with Gasteiger partial charge < -0.3 is 9.47 Å². The maximum atomic E-state index is 6.48. The van der Waals surface area contributed by atoms with E-state index < -0.39 is 0 Å². The van der Waals surface area contributed by atoms with Crippen LogP contribution in [0.15, 0.2) is 36.4 Å². The largest absolute Gasteiger partial charge is 0.493 e. The molecule has 2 nitrogen and oxygen atoms in total. The zero-order chi connectivity index (χ0) is 15.4. The summed E-state index contributed by atoms with van der Waals surface area (Å²) in [7, 11) is 3.20. The Morgan fingerprint density at radius 1 is 0.952 bits per heavy atom. The maximum Gasteiger partial charge on any atom is 0.160 e. The fourth-order valence-corrected chi connectivity index (χ4v) is 3.31. The number of methoxy groups -OCH3 is 2. The second-order valence-electron chi connectivity index (χ2n) is 4.50. The fourth-order valence-electron chi connectivity index (χ4n) is 2.13. The number of rotatable bonds is 5. The molecule has 1 unspecified atom stereocenters. The molecule has 2 aromatic carbocycles. The number of halogens is 3. The van der Waals surface area contributed by atoms with Gasteiger partial charge in [0.25, 0.3) is 0 Å². The van der Waals surface area contributed by atoms with Crippen molar-refractivity contribution in [1.29, 1.82) is 0 Å². The van der Waals surface area contributed by atoms with E-state index >= 15 is 0 Å². The van der Waals surface area contributed by atoms with Gasteiger partial charge in [-0.2, -0.15) is 0 Å². The highest BCUT2D eigenvalue weighted by atomic mass is 35.5. The summed E-state index contributed by atoms with van der Waals surface area (Å²) >= 11 is 18.8. The van der Waals surface area contributed by atoms with E-state index in [4.69, 9.17) is 44.3 Å². The third-order valence-electron chi connectivity index (χ3n) is 3.18. The van der Waals surface area contributed by atoms with Crippen molar-refractivity contribution in [2.24, 2.45) is 0 Å². The van der Waals surface area contributed by atoms with Crippen LogP contribution in [0.5, 0.6) is 11.5 Å². The summed E-state index contributed by atoms with van der Waals surface area (Å²) in [5, 5.41) is 0.829. The van der Waals surface area contributed by atoms with Crippen molar-refractivity contribution in [1.82, 2.24) is 0 Å². The number of hydrogen-bond donors (Lipinski definition) is 0. The quantitative estimate of drug-likeness (QED) is 0.663. The zero-order valence-electron chi connectivity index (χ0n) is 11.7. The van der Waals surface area contributed by atoms with Crippen LogP contribution < -0.4 is 9.47 Å². The van der Waals surface area contributed by atoms with Crippen molar-refractivity contribution >= 4 is 34.8 Å². The Labute approximate surface area is 139 Å². The van der Waals surface area contributed by atoms with E-state index in [1.807, 2.05) is 18.2 Å². The third kappa shape index (κ3) is 3.76. The van der Waals surface area contributed by atoms with Gasteiger partial charge in [-0.15, -0.1) is 11.6 Å². The van der Waals surface area contributed by atoms with Gasteiger partial charge in [0.05, 0.1) is 19.6 Å². The van der Waals surface area contributed by atoms with Crippen LogP contribution in [0, 0.1) is 0 Å². The van der Waals surface area contributed by atoms with Crippen LogP contribution in [-0.2, 0) is 6.42 Å². The molecule has 0 aromatic heterocycles. The molecule has 0 fully saturated rings. The minimum Gasteiger partial charge on any atom is -0.493 e. The van der Waals surface area contributed by atoms with Crippen LogP contribution in [-0.4, -0.2) is 14.2 Å². The summed E-state index contributed by atoms with van der Waals surface area (Å²) < 4.78 is 10.5. The highest BCUT2D eigenvalue weighted by Gasteiger charge is 2.17. The Morgan fingerprint density at radius 2 is 1.57 bits per heavy atom. The van der Waals surface area contributed by atoms with Crippen molar-refractivity contribution in [2.45, 2.75) is 11.8 Å². The molecule has 0 aliphatic rings. The molecular weight excluding hydrogens is 331 g/mol. The molecule has 2 rings (SSSR count). The van der Waals surface area contributed by atoms with Crippen LogP contribution >= 0.6 is 34.8 Å². The second kappa shape index (κ2) is 7.26. The average Bonchev–Trinajstić information content (AvgIpc) is 2.46. The van der Waals surface area contributed by atoms with Gasteiger partial charge in [-0.25, -0.2) is 0 Å². The molecule has 0 amide bonds. The second-order valence-corrected chi connectivity index (χ2v) is 5.84. The highest BCUT2D eigenvalue weighted by molar-refractivity contribution is 6.37. The van der Waals surface area contributed by atoms with Crippen LogP contribution in [0.2, 0.25) is 10.0 Å². The number of alkyl halides is 1. The van der Waals surface area contributed by atoms with Gasteiger partial charge in [-0.05, 0) is 36.2 Å². The van der Waals surface area contributed by atoms with Crippen molar-refractivity contribution in [3.63, 3.8) is 0 Å². The third-order valence-corrected chi connectivity index (χ3v) is 4.21. The van der Waals surface area contributed by atoms with Crippen molar-refractivity contribution in [3.05, 3.63) is 57.6 Å². The normalized spacial score (nSPS) is 12.0. The number of ether oxygens (including phenoxy) is 2. The molecule has 112 valence electrons. The molecule has 0 aliphatic carbocycles. The lowest BCUT2D eigenvalue weighted by molar-refractivity contribution is 0.354. The summed E-state index contributed by atoms with van der Waals surface area (Å²) in [5.41, 5.74) is 1.76. The molecule has 0 bridgehead atoms. The molecule has 0 radical (unpaired) electrons. The first-order valence-corrected chi connectivity index (χ1v) is 7.55. The van der Waals surface area contributed by atoms with Gasteiger partial charge in [0, 0.05) is 15.6 Å². The van der Waals surface area contributed by atoms with E-state index in [1.165, 1.54) is 0 Å². The van der Waals surface area contributed by atoms with Crippen molar-refractivity contribution < 1.29 is 9.47 Å². The Kier molecular flexibility index (Phi) is 5.63. The highest BCUT2D eigenvalue weighted by Crippen LogP contribution is 2.37. The Balaban J connectivity index is 2.25. The average molecular weight is 346 g/mol. The van der Waals surface area contributed by atoms with E-state index in [0.717, 1.165) is 11.1 Å². The first kappa shape index (κ1) is 16.3. The van der Waals surface area contributed by atoms with Crippen LogP contribution in [0.3, 0.4) is 0 Å². The predicted octanol–water partition coefficient (Wildman–Crippen LogP) is 5.53. The van der Waals surface area contributed by atoms with Crippen molar-refractivity contribution in [3.8, 4) is 11.5 Å². The molecule has 0 saturated heterocycles. The molecule has 5 heteroatoms. The molecule has 21 heavy (non-hydrogen) atoms. The molecule has 0 N–H and O–H groups in total. The van der Waals surface area contributed by atoms with Crippen LogP contribution in [0.4, 0.5) is 0 Å². The van der Waals surface area contributed by atoms with E-state index in [-0.39, 0.29) is 5.38 Å². The molecule has 0 heterocycles. The molecule has 0 saturated carbocycles. The molecule has 0 spiro atoms. The summed E-state index contributed by atoms with van der Waals surface area (Å²) in [6, 6.07) is 11.1. The Bertz CT molecular complexity index is 609. The topological polar surface area (TPSA) is 18.5 Å². The van der Waals surface area contributed by atoms with Crippen LogP contribution in [0.25, 0.3) is 0 Å². The van der Waals surface area contributed by atoms with Gasteiger partial charge in [0.15, 0.2) is 11.5 Å². The van der Waals surface area contributed by atoms with Gasteiger partial charge in [-0.3, -0.25) is 0 Å². The molecule has 1 atom stereocenters. The van der Waals surface area contributed by atoms with E-state index in [9.17, 15) is 0 Å². The summed E-state index contributed by atoms with van der Waals surface area (Å²) in [6.45, 7) is 0. The number of hydrogen-bond acceptors (Lipinski definition) is 2. The molecular formula is C16H15Cl3O2. The van der Waals surface area contributed by atoms with Crippen LogP contribution in [0.1, 0.15) is 16.5 Å². The summed E-state index contributed by atoms with van der Waals surface area (Å²) in [4.78, 5) is 0. The minimum atomic E-state index is -0.315. The van der Waals surface area contributed by atoms with E-state index in [0.29, 0.717) is 28.0 Å². The summed E-state index contributed by atoms with van der Waals surface area (Å²) in [5.74, 6) is 1.35. The lowest BCUT2D eigenvalue weighted by atomic mass is 10.0. The lowest BCUT2D eigenvalue weighted by Crippen LogP contribution is -1.99. The lowest BCUT2D eigenvalue weighted by Gasteiger charge is -2.15. The zero-order valence-corrected chi connectivity index (χ0v) is 14.0. The standard InChI is InChI=1S/C16H15Cl3O2/c1-20-14-7-6-10(9-15(14)21-2)8-13(19)16-11(17)4-3-5-12(16)18/h3-7,9,13H,8H2,1-2H3. The van der Waals surface area contributed by atoms with Gasteiger partial charge in [0.2, 0.25) is 0 Å². The first-order valence-electron chi connectivity index (χ1n) is 6.35. The van der Waals surface area contributed by atoms with Gasteiger partial charge in [0.1, 0.15) is 0 Å². The SMILES string of the molecule is COc1ccc(CC(Cl)c2c(Cl)cccc2Cl)cc1OC.